The van der Waals surface area contributed by atoms with Crippen molar-refractivity contribution in [2.24, 2.45) is 0 Å². The number of thiazole rings is 1. The van der Waals surface area contributed by atoms with Crippen LogP contribution in [0.1, 0.15) is 12.8 Å². The molecule has 2 amide bonds. The van der Waals surface area contributed by atoms with E-state index in [2.05, 4.69) is 68.5 Å². The van der Waals surface area contributed by atoms with Crippen molar-refractivity contribution in [3.05, 3.63) is 103 Å². The number of hydrogen-bond acceptors (Lipinski definition) is 7. The summed E-state index contributed by atoms with van der Waals surface area (Å²) >= 11 is 1.60. The van der Waals surface area contributed by atoms with Gasteiger partial charge < -0.3 is 20.4 Å². The Hall–Kier alpha value is -5.22. The highest BCUT2D eigenvalue weighted by Gasteiger charge is 2.24. The van der Waals surface area contributed by atoms with Gasteiger partial charge in [-0.3, -0.25) is 4.40 Å². The quantitative estimate of drug-likeness (QED) is 0.195. The summed E-state index contributed by atoms with van der Waals surface area (Å²) in [5, 5.41) is 8.59. The number of piperidine rings is 1. The molecule has 0 spiro atoms. The molecule has 4 heterocycles. The molecule has 3 aromatic heterocycles. The van der Waals surface area contributed by atoms with Gasteiger partial charge in [0.25, 0.3) is 0 Å². The lowest BCUT2D eigenvalue weighted by molar-refractivity contribution is 0.197. The lowest BCUT2D eigenvalue weighted by Crippen LogP contribution is -2.44. The molecule has 0 radical (unpaired) electrons. The predicted octanol–water partition coefficient (Wildman–Crippen LogP) is 7.36. The van der Waals surface area contributed by atoms with Crippen LogP contribution in [0.2, 0.25) is 0 Å². The number of carbonyl (C=O) groups excluding carboxylic acids is 1. The number of carbonyl (C=O) groups is 1. The van der Waals surface area contributed by atoms with Crippen molar-refractivity contribution in [2.45, 2.75) is 18.9 Å². The van der Waals surface area contributed by atoms with Crippen LogP contribution >= 0.6 is 11.3 Å². The van der Waals surface area contributed by atoms with Crippen LogP contribution in [0.5, 0.6) is 0 Å². The van der Waals surface area contributed by atoms with Gasteiger partial charge in [-0.1, -0.05) is 54.6 Å². The van der Waals surface area contributed by atoms with Crippen LogP contribution in [0, 0.1) is 0 Å². The Labute approximate surface area is 266 Å². The monoisotopic (exact) mass is 614 g/mol. The van der Waals surface area contributed by atoms with E-state index in [1.54, 1.807) is 17.5 Å². The number of nitrogens with zero attached hydrogens (tertiary/aromatic N) is 6. The number of urea groups is 1. The van der Waals surface area contributed by atoms with E-state index in [1.807, 2.05) is 71.9 Å². The molecule has 0 bridgehead atoms. The third-order valence-electron chi connectivity index (χ3n) is 8.18. The SMILES string of the molecule is CN(C)c1ccc(NC(=O)N2CCC(Nc3nccc(-c4c(-c5ccc(-c6ccccc6)cc5)nc5sccn45)n3)CC2)cc1. The van der Waals surface area contributed by atoms with Crippen molar-refractivity contribution in [3.63, 3.8) is 0 Å². The van der Waals surface area contributed by atoms with E-state index in [-0.39, 0.29) is 12.1 Å². The molecule has 3 aromatic carbocycles. The van der Waals surface area contributed by atoms with Crippen LogP contribution in [0.3, 0.4) is 0 Å². The molecule has 0 aliphatic carbocycles. The topological polar surface area (TPSA) is 90.7 Å². The van der Waals surface area contributed by atoms with E-state index in [9.17, 15) is 4.79 Å². The third kappa shape index (κ3) is 6.09. The molecule has 1 aliphatic rings. The highest BCUT2D eigenvalue weighted by Crippen LogP contribution is 2.35. The largest absolute Gasteiger partial charge is 0.378 e. The lowest BCUT2D eigenvalue weighted by Gasteiger charge is -2.32. The highest BCUT2D eigenvalue weighted by molar-refractivity contribution is 7.15. The Balaban J connectivity index is 1.04. The first-order valence-electron chi connectivity index (χ1n) is 15.1. The van der Waals surface area contributed by atoms with Gasteiger partial charge in [0.1, 0.15) is 5.69 Å². The summed E-state index contributed by atoms with van der Waals surface area (Å²) in [5.41, 5.74) is 7.90. The van der Waals surface area contributed by atoms with Crippen LogP contribution in [0.25, 0.3) is 38.7 Å². The van der Waals surface area contributed by atoms with Crippen molar-refractivity contribution in [3.8, 4) is 33.8 Å². The molecule has 0 saturated carbocycles. The highest BCUT2D eigenvalue weighted by atomic mass is 32.1. The molecule has 1 aliphatic heterocycles. The average Bonchev–Trinajstić information content (AvgIpc) is 3.68. The first-order valence-corrected chi connectivity index (χ1v) is 15.9. The number of aromatic nitrogens is 4. The van der Waals surface area contributed by atoms with Gasteiger partial charge in [-0.2, -0.15) is 0 Å². The summed E-state index contributed by atoms with van der Waals surface area (Å²) in [5.74, 6) is 0.576. The second kappa shape index (κ2) is 12.4. The molecule has 2 N–H and O–H groups in total. The van der Waals surface area contributed by atoms with Crippen LogP contribution in [-0.2, 0) is 0 Å². The second-order valence-corrected chi connectivity index (χ2v) is 12.2. The Bertz CT molecular complexity index is 1910. The van der Waals surface area contributed by atoms with Gasteiger partial charge in [-0.25, -0.2) is 19.7 Å². The normalized spacial score (nSPS) is 13.6. The van der Waals surface area contributed by atoms with E-state index in [1.165, 1.54) is 5.56 Å². The Morgan fingerprint density at radius 1 is 0.867 bits per heavy atom. The van der Waals surface area contributed by atoms with Gasteiger partial charge in [0.15, 0.2) is 4.96 Å². The van der Waals surface area contributed by atoms with Crippen LogP contribution < -0.4 is 15.5 Å². The Kier molecular flexibility index (Phi) is 7.87. The van der Waals surface area contributed by atoms with Crippen LogP contribution in [-0.4, -0.2) is 63.5 Å². The molecule has 1 fully saturated rings. The van der Waals surface area contributed by atoms with Gasteiger partial charge in [0, 0.05) is 67.9 Å². The number of hydrogen-bond donors (Lipinski definition) is 2. The molecular formula is C35H34N8OS. The summed E-state index contributed by atoms with van der Waals surface area (Å²) in [7, 11) is 3.99. The molecule has 1 saturated heterocycles. The maximum Gasteiger partial charge on any atom is 0.321 e. The minimum Gasteiger partial charge on any atom is -0.378 e. The Morgan fingerprint density at radius 2 is 1.58 bits per heavy atom. The molecule has 45 heavy (non-hydrogen) atoms. The standard InChI is InChI=1S/C35H34N8OS/c1-41(2)29-14-12-27(13-15-29)38-34(44)42-20-17-28(18-21-42)37-33-36-19-16-30(39-33)32-31(40-35-43(32)22-23-45-35)26-10-8-25(9-11-26)24-6-4-3-5-7-24/h3-16,19,22-23,28H,17-18,20-21H2,1-2H3,(H,38,44)(H,36,37,39). The average molecular weight is 615 g/mol. The summed E-state index contributed by atoms with van der Waals surface area (Å²) in [4.78, 5) is 32.2. The van der Waals surface area contributed by atoms with E-state index < -0.39 is 0 Å². The van der Waals surface area contributed by atoms with Crippen LogP contribution in [0.15, 0.2) is 103 Å². The summed E-state index contributed by atoms with van der Waals surface area (Å²) < 4.78 is 2.10. The number of anilines is 3. The minimum absolute atomic E-state index is 0.0749. The first-order chi connectivity index (χ1) is 22.0. The number of likely N-dealkylation sites (tertiary alicyclic amines) is 1. The fraction of sp³-hybridized carbons (Fsp3) is 0.200. The number of benzene rings is 3. The minimum atomic E-state index is -0.0749. The maximum atomic E-state index is 12.9. The van der Waals surface area contributed by atoms with E-state index >= 15 is 0 Å². The zero-order chi connectivity index (χ0) is 30.8. The lowest BCUT2D eigenvalue weighted by atomic mass is 10.0. The summed E-state index contributed by atoms with van der Waals surface area (Å²) in [6, 6.07) is 28.8. The first kappa shape index (κ1) is 28.5. The summed E-state index contributed by atoms with van der Waals surface area (Å²) in [6.45, 7) is 1.31. The van der Waals surface area contributed by atoms with Crippen molar-refractivity contribution in [1.29, 1.82) is 0 Å². The molecular weight excluding hydrogens is 581 g/mol. The molecule has 9 nitrogen and oxygen atoms in total. The number of fused-ring (bicyclic) bond motifs is 1. The van der Waals surface area contributed by atoms with Gasteiger partial charge in [0.2, 0.25) is 5.95 Å². The number of nitrogens with one attached hydrogen (secondary N) is 2. The maximum absolute atomic E-state index is 12.9. The van der Waals surface area contributed by atoms with Crippen molar-refractivity contribution >= 4 is 39.7 Å². The molecule has 10 heteroatoms. The summed E-state index contributed by atoms with van der Waals surface area (Å²) in [6.07, 6.45) is 5.45. The fourth-order valence-electron chi connectivity index (χ4n) is 5.70. The number of imidazole rings is 1. The van der Waals surface area contributed by atoms with E-state index in [0.29, 0.717) is 19.0 Å². The predicted molar refractivity (Wildman–Crippen MR) is 183 cm³/mol. The molecule has 6 aromatic rings. The van der Waals surface area contributed by atoms with Gasteiger partial charge in [0.05, 0.1) is 11.4 Å². The van der Waals surface area contributed by atoms with E-state index in [0.717, 1.165) is 57.4 Å². The van der Waals surface area contributed by atoms with Gasteiger partial charge in [-0.15, -0.1) is 11.3 Å². The molecule has 7 rings (SSSR count). The fourth-order valence-corrected chi connectivity index (χ4v) is 6.41. The van der Waals surface area contributed by atoms with Crippen LogP contribution in [0.4, 0.5) is 22.1 Å². The van der Waals surface area contributed by atoms with Crippen molar-refractivity contribution in [1.82, 2.24) is 24.3 Å². The second-order valence-electron chi connectivity index (χ2n) is 11.4. The smallest absolute Gasteiger partial charge is 0.321 e. The number of rotatable bonds is 7. The molecule has 226 valence electrons. The van der Waals surface area contributed by atoms with Gasteiger partial charge in [-0.05, 0) is 54.3 Å². The number of amides is 2. The van der Waals surface area contributed by atoms with Crippen molar-refractivity contribution < 1.29 is 4.79 Å². The van der Waals surface area contributed by atoms with Crippen molar-refractivity contribution in [2.75, 3.05) is 42.7 Å². The molecule has 0 unspecified atom stereocenters. The zero-order valence-electron chi connectivity index (χ0n) is 25.2. The van der Waals surface area contributed by atoms with Gasteiger partial charge >= 0.3 is 6.03 Å². The molecule has 0 atom stereocenters. The third-order valence-corrected chi connectivity index (χ3v) is 8.93. The Morgan fingerprint density at radius 3 is 2.31 bits per heavy atom. The zero-order valence-corrected chi connectivity index (χ0v) is 26.0. The van der Waals surface area contributed by atoms with E-state index in [4.69, 9.17) is 9.97 Å².